The number of nitrogens with zero attached hydrogens (tertiary/aromatic N) is 6. The van der Waals surface area contributed by atoms with Crippen molar-refractivity contribution in [2.24, 2.45) is 98.8 Å². The largest absolute Gasteiger partial charge is 0.490 e. The van der Waals surface area contributed by atoms with Crippen LogP contribution in [0.3, 0.4) is 0 Å². The van der Waals surface area contributed by atoms with Crippen LogP contribution in [0, 0.1) is 0 Å². The number of aliphatic hydroxyl groups excluding tert-OH is 6. The van der Waals surface area contributed by atoms with Gasteiger partial charge in [0.1, 0.15) is 85.3 Å². The molecule has 34 nitrogen and oxygen atoms in total. The number of aliphatic imine (C=N–C) groups is 6. The topological polar surface area (TPSA) is 630 Å². The fourth-order valence-corrected chi connectivity index (χ4v) is 10.9. The molecule has 4 aromatic carbocycles. The van der Waals surface area contributed by atoms with Crippen LogP contribution in [-0.4, -0.2) is 225 Å². The van der Waals surface area contributed by atoms with Gasteiger partial charge in [-0.15, -0.1) is 0 Å². The predicted molar refractivity (Wildman–Crippen MR) is 311 cm³/mol. The first-order valence-electron chi connectivity index (χ1n) is 27.1. The molecule has 0 radical (unpaired) electrons. The number of hydrogen-bond donors (Lipinski definition) is 20. The number of carboxylic acid groups (broad SMARTS) is 1. The van der Waals surface area contributed by atoms with E-state index >= 15 is 0 Å². The number of carboxylic acids is 1. The molecule has 0 bridgehead atoms. The van der Waals surface area contributed by atoms with Gasteiger partial charge in [0, 0.05) is 13.0 Å². The average Bonchev–Trinajstić information content (AvgIpc) is 1.19. The monoisotopic (exact) mass is 1250 g/mol. The maximum absolute atomic E-state index is 13.8. The van der Waals surface area contributed by atoms with Crippen molar-refractivity contribution in [3.63, 3.8) is 0 Å². The number of hydrogen-bond acceptors (Lipinski definition) is 20. The second-order valence-electron chi connectivity index (χ2n) is 21.0. The highest BCUT2D eigenvalue weighted by Gasteiger charge is 2.57. The summed E-state index contributed by atoms with van der Waals surface area (Å²) in [7, 11) is 0. The number of aliphatic hydroxyl groups is 6. The lowest BCUT2D eigenvalue weighted by atomic mass is 9.83. The van der Waals surface area contributed by atoms with Crippen LogP contribution in [-0.2, 0) is 44.4 Å². The van der Waals surface area contributed by atoms with E-state index in [0.29, 0.717) is 12.8 Å². The van der Waals surface area contributed by atoms with Crippen molar-refractivity contribution < 1.29 is 86.9 Å². The lowest BCUT2D eigenvalue weighted by Crippen LogP contribution is -2.64. The van der Waals surface area contributed by atoms with E-state index in [9.17, 15) is 48.6 Å². The number of rotatable bonds is 20. The van der Waals surface area contributed by atoms with Gasteiger partial charge < -0.3 is 138 Å². The lowest BCUT2D eigenvalue weighted by Gasteiger charge is -2.47. The molecular weight excluding hydrogens is 1180 g/mol. The van der Waals surface area contributed by atoms with Gasteiger partial charge in [-0.05, 0) is 57.1 Å². The quantitative estimate of drug-likeness (QED) is 0.0222. The number of aliphatic carboxylic acids is 1. The van der Waals surface area contributed by atoms with Gasteiger partial charge in [-0.1, -0.05) is 54.6 Å². The van der Waals surface area contributed by atoms with Gasteiger partial charge in [0.15, 0.2) is 54.6 Å². The molecule has 4 aromatic rings. The highest BCUT2D eigenvalue weighted by Crippen LogP contribution is 2.39. The number of ether oxygens (including phenoxy) is 6. The Labute approximate surface area is 497 Å². The van der Waals surface area contributed by atoms with Crippen LogP contribution in [0.1, 0.15) is 24.8 Å². The van der Waals surface area contributed by atoms with Crippen LogP contribution in [0.15, 0.2) is 84.6 Å². The minimum Gasteiger partial charge on any atom is -0.475 e. The van der Waals surface area contributed by atoms with E-state index in [4.69, 9.17) is 107 Å². The molecule has 3 saturated heterocycles. The lowest BCUT2D eigenvalue weighted by molar-refractivity contribution is -0.306. The van der Waals surface area contributed by atoms with E-state index in [0.717, 1.165) is 37.9 Å². The molecule has 0 aromatic heterocycles. The summed E-state index contributed by atoms with van der Waals surface area (Å²) in [6, 6.07) is 13.1. The van der Waals surface area contributed by atoms with E-state index in [2.05, 4.69) is 83.8 Å². The molecule has 1 unspecified atom stereocenters. The molecule has 88 heavy (non-hydrogen) atoms. The molecule has 3 heterocycles. The first kappa shape index (κ1) is 67.3. The number of alkyl halides is 3. The number of carbonyl (C=O) groups excluding carboxylic acids is 1. The maximum Gasteiger partial charge on any atom is 0.490 e. The van der Waals surface area contributed by atoms with E-state index in [1.807, 2.05) is 6.07 Å². The Morgan fingerprint density at radius 2 is 1.07 bits per heavy atom. The molecule has 4 fully saturated rings. The summed E-state index contributed by atoms with van der Waals surface area (Å²) >= 11 is 0. The summed E-state index contributed by atoms with van der Waals surface area (Å²) in [4.78, 5) is 47.2. The molecule has 1 amide bonds. The zero-order valence-corrected chi connectivity index (χ0v) is 46.8. The maximum atomic E-state index is 13.8. The van der Waals surface area contributed by atoms with Gasteiger partial charge in [0.25, 0.3) is 0 Å². The van der Waals surface area contributed by atoms with Gasteiger partial charge in [0.05, 0.1) is 25.2 Å². The summed E-state index contributed by atoms with van der Waals surface area (Å²) in [5.41, 5.74) is 69.8. The van der Waals surface area contributed by atoms with Crippen LogP contribution in [0.5, 0.6) is 0 Å². The van der Waals surface area contributed by atoms with Gasteiger partial charge >= 0.3 is 12.1 Å². The molecule has 19 atom stereocenters. The molecule has 484 valence electrons. The SMILES string of the molecule is NC(N)=NC[C@H]1O[C@H](O[C@H]2[C@H](OC3O[C@H](CNC(=O)CCCc4ccc5ccc6cccc7ccc4c5c67)[C@@H](O[C@@H]4[C@H](N=C(N)N)[C@H](O)[C@@H](CN=C(N)N)O[C@@H]4O)[C@H]3O)[C@@H](O)[C@H](N=C(N)N)C[C@@H]2N=C(N)N)[C@H](N=C(N)N)[C@@H](O)[C@@H]1O.O=C(O)C(F)(F)F. The Hall–Kier alpha value is -8.21. The standard InChI is InChI=1S/C49H73N19O13.C2HF3O2/c50-44(51)63-14-24-33(71)30(67-48(58)59)39(41(75)76-24)79-38-26(16-62-27(69)6-2-3-17-7-8-20-10-9-18-4-1-5-19-11-12-21(17)29(20)28(18)19)78-43(36(38)74)81-40-32(70)22(65-46(54)55)13-23(66-47(56)57)37(40)80-42-31(68-49(60)61)35(73)34(72)25(77-42)15-64-45(52)53;3-2(4,5)1(6)7/h1,4-5,7-12,22-26,30-43,70-75H,2-3,6,13-16H2,(H,62,69)(H4,50,51,63)(H4,52,53,64)(H4,54,55,65)(H4,56,57,66)(H4,58,59,67)(H4,60,61,68);(H,6,7)/t22-,23+,24-,25-,26-,30-,31-,32+,33-,34-,35-,36-,37-,38-,39-,40-,41+,42-,43?;/m1./s1. The summed E-state index contributed by atoms with van der Waals surface area (Å²) in [6.45, 7) is -1.11. The zero-order chi connectivity index (χ0) is 64.6. The second-order valence-corrected chi connectivity index (χ2v) is 21.0. The van der Waals surface area contributed by atoms with Crippen molar-refractivity contribution in [1.29, 1.82) is 0 Å². The van der Waals surface area contributed by atoms with E-state index < -0.39 is 165 Å². The van der Waals surface area contributed by atoms with Gasteiger partial charge in [0.2, 0.25) is 5.91 Å². The average molecular weight is 1250 g/mol. The number of aryl methyl sites for hydroxylation is 1. The van der Waals surface area contributed by atoms with Crippen LogP contribution >= 0.6 is 0 Å². The van der Waals surface area contributed by atoms with Crippen molar-refractivity contribution in [2.45, 2.75) is 148 Å². The normalized spacial score (nSPS) is 31.4. The van der Waals surface area contributed by atoms with E-state index in [1.54, 1.807) is 0 Å². The fraction of sp³-hybridized carbons (Fsp3) is 0.529. The number of nitrogens with one attached hydrogen (secondary N) is 1. The smallest absolute Gasteiger partial charge is 0.475 e. The minimum atomic E-state index is -5.08. The summed E-state index contributed by atoms with van der Waals surface area (Å²) < 4.78 is 69.2. The third kappa shape index (κ3) is 16.3. The molecule has 32 N–H and O–H groups in total. The number of carbonyl (C=O) groups is 2. The zero-order valence-electron chi connectivity index (χ0n) is 46.8. The van der Waals surface area contributed by atoms with Crippen molar-refractivity contribution in [3.8, 4) is 0 Å². The third-order valence-electron chi connectivity index (χ3n) is 14.8. The Morgan fingerprint density at radius 1 is 0.545 bits per heavy atom. The number of amides is 1. The van der Waals surface area contributed by atoms with Gasteiger partial charge in [-0.3, -0.25) is 14.8 Å². The van der Waals surface area contributed by atoms with Crippen LogP contribution < -0.4 is 74.1 Å². The van der Waals surface area contributed by atoms with Crippen LogP contribution in [0.4, 0.5) is 13.2 Å². The number of halogens is 3. The van der Waals surface area contributed by atoms with Crippen LogP contribution in [0.25, 0.3) is 32.3 Å². The van der Waals surface area contributed by atoms with Crippen LogP contribution in [0.2, 0.25) is 0 Å². The Morgan fingerprint density at radius 3 is 1.65 bits per heavy atom. The molecule has 0 spiro atoms. The number of benzene rings is 4. The highest BCUT2D eigenvalue weighted by molar-refractivity contribution is 6.23. The molecule has 1 saturated carbocycles. The third-order valence-corrected chi connectivity index (χ3v) is 14.8. The Balaban J connectivity index is 0.00000149. The summed E-state index contributed by atoms with van der Waals surface area (Å²) in [5, 5.41) is 86.7. The van der Waals surface area contributed by atoms with Crippen molar-refractivity contribution in [1.82, 2.24) is 5.32 Å². The molecular formula is C51H74F3N19O15. The summed E-state index contributed by atoms with van der Waals surface area (Å²) in [5.74, 6) is -5.94. The molecule has 1 aliphatic carbocycles. The molecule has 8 rings (SSSR count). The van der Waals surface area contributed by atoms with E-state index in [-0.39, 0.29) is 37.9 Å². The van der Waals surface area contributed by atoms with Crippen molar-refractivity contribution >= 4 is 80.0 Å². The van der Waals surface area contributed by atoms with Gasteiger partial charge in [-0.2, -0.15) is 13.2 Å². The summed E-state index contributed by atoms with van der Waals surface area (Å²) in [6.07, 6.45) is -29.3. The first-order chi connectivity index (χ1) is 41.4. The first-order valence-corrected chi connectivity index (χ1v) is 27.1. The Bertz CT molecular complexity index is 3220. The number of guanidine groups is 6. The van der Waals surface area contributed by atoms with Gasteiger partial charge in [-0.25, -0.2) is 24.8 Å². The molecule has 37 heteroatoms. The predicted octanol–water partition coefficient (Wildman–Crippen LogP) is -7.33. The highest BCUT2D eigenvalue weighted by atomic mass is 19.4. The fourth-order valence-electron chi connectivity index (χ4n) is 10.9. The van der Waals surface area contributed by atoms with Crippen molar-refractivity contribution in [3.05, 3.63) is 60.2 Å². The molecule has 4 aliphatic rings. The van der Waals surface area contributed by atoms with Crippen molar-refractivity contribution in [2.75, 3.05) is 19.6 Å². The minimum absolute atomic E-state index is 0.0437. The number of nitrogens with two attached hydrogens (primary N) is 12. The van der Waals surface area contributed by atoms with E-state index in [1.165, 1.54) is 0 Å². The second kappa shape index (κ2) is 28.7. The Kier molecular flexibility index (Phi) is 22.0. The molecule has 3 aliphatic heterocycles.